The van der Waals surface area contributed by atoms with Crippen molar-refractivity contribution in [2.45, 2.75) is 6.92 Å². The minimum Gasteiger partial charge on any atom is -0.314 e. The van der Waals surface area contributed by atoms with Gasteiger partial charge in [0.05, 0.1) is 11.9 Å². The Morgan fingerprint density at radius 1 is 0.900 bits per heavy atom. The molecular formula is C25H20ClN3O. The molecule has 0 aliphatic carbocycles. The number of amides is 1. The van der Waals surface area contributed by atoms with Gasteiger partial charge in [0.2, 0.25) is 0 Å². The first-order chi connectivity index (χ1) is 14.6. The van der Waals surface area contributed by atoms with Crippen LogP contribution in [0.5, 0.6) is 0 Å². The minimum atomic E-state index is -0.265. The van der Waals surface area contributed by atoms with Crippen LogP contribution < -0.4 is 5.43 Å². The number of hydrazone groups is 1. The monoisotopic (exact) mass is 413 g/mol. The zero-order valence-electron chi connectivity index (χ0n) is 16.4. The summed E-state index contributed by atoms with van der Waals surface area (Å²) in [6.07, 6.45) is 1.58. The molecule has 0 bridgehead atoms. The molecule has 0 spiro atoms. The van der Waals surface area contributed by atoms with E-state index in [9.17, 15) is 4.79 Å². The number of halogens is 1. The highest BCUT2D eigenvalue weighted by Crippen LogP contribution is 2.26. The molecule has 3 aromatic carbocycles. The second-order valence-electron chi connectivity index (χ2n) is 6.86. The van der Waals surface area contributed by atoms with Crippen molar-refractivity contribution in [2.24, 2.45) is 5.10 Å². The van der Waals surface area contributed by atoms with Crippen LogP contribution in [0.4, 0.5) is 0 Å². The Kier molecular flexibility index (Phi) is 5.77. The first-order valence-electron chi connectivity index (χ1n) is 9.55. The third-order valence-electron chi connectivity index (χ3n) is 4.78. The summed E-state index contributed by atoms with van der Waals surface area (Å²) in [5.41, 5.74) is 8.32. The van der Waals surface area contributed by atoms with Crippen LogP contribution in [0.2, 0.25) is 5.02 Å². The number of carbonyl (C=O) groups is 1. The molecule has 1 heterocycles. The summed E-state index contributed by atoms with van der Waals surface area (Å²) in [7, 11) is 0. The summed E-state index contributed by atoms with van der Waals surface area (Å²) >= 11 is 5.86. The Morgan fingerprint density at radius 2 is 1.60 bits per heavy atom. The molecule has 0 fully saturated rings. The Hall–Kier alpha value is -3.63. The molecule has 0 radical (unpaired) electrons. The van der Waals surface area contributed by atoms with Crippen molar-refractivity contribution in [1.29, 1.82) is 0 Å². The molecule has 4 nitrogen and oxygen atoms in total. The number of nitrogens with zero attached hydrogens (tertiary/aromatic N) is 2. The van der Waals surface area contributed by atoms with Crippen molar-refractivity contribution in [1.82, 2.24) is 9.99 Å². The predicted molar refractivity (Wildman–Crippen MR) is 122 cm³/mol. The maximum atomic E-state index is 12.4. The number of hydrogen-bond acceptors (Lipinski definition) is 2. The van der Waals surface area contributed by atoms with E-state index in [1.165, 1.54) is 0 Å². The number of carbonyl (C=O) groups excluding carboxylic acids is 1. The molecule has 4 rings (SSSR count). The largest absolute Gasteiger partial charge is 0.314 e. The van der Waals surface area contributed by atoms with Crippen LogP contribution >= 0.6 is 11.6 Å². The molecule has 1 N–H and O–H groups in total. The molecule has 4 aromatic rings. The van der Waals surface area contributed by atoms with Crippen molar-refractivity contribution in [3.05, 3.63) is 113 Å². The number of hydrogen-bond donors (Lipinski definition) is 1. The van der Waals surface area contributed by atoms with E-state index in [4.69, 9.17) is 11.6 Å². The second kappa shape index (κ2) is 8.80. The van der Waals surface area contributed by atoms with Crippen molar-refractivity contribution < 1.29 is 4.79 Å². The molecule has 0 aliphatic rings. The van der Waals surface area contributed by atoms with E-state index in [0.29, 0.717) is 10.6 Å². The van der Waals surface area contributed by atoms with E-state index in [0.717, 1.165) is 28.2 Å². The zero-order valence-corrected chi connectivity index (χ0v) is 17.2. The number of benzene rings is 3. The van der Waals surface area contributed by atoms with Gasteiger partial charge in [-0.2, -0.15) is 5.10 Å². The normalized spacial score (nSPS) is 11.0. The third kappa shape index (κ3) is 4.34. The van der Waals surface area contributed by atoms with Crippen molar-refractivity contribution in [2.75, 3.05) is 0 Å². The molecule has 0 saturated heterocycles. The number of nitrogens with one attached hydrogen (secondary N) is 1. The molecule has 0 unspecified atom stereocenters. The van der Waals surface area contributed by atoms with Crippen LogP contribution in [-0.2, 0) is 0 Å². The van der Waals surface area contributed by atoms with E-state index in [1.807, 2.05) is 42.5 Å². The fraction of sp³-hybridized carbons (Fsp3) is 0.0400. The van der Waals surface area contributed by atoms with Gasteiger partial charge in [0, 0.05) is 22.0 Å². The van der Waals surface area contributed by atoms with Crippen molar-refractivity contribution in [3.8, 4) is 16.9 Å². The zero-order chi connectivity index (χ0) is 20.9. The lowest BCUT2D eigenvalue weighted by atomic mass is 10.1. The quantitative estimate of drug-likeness (QED) is 0.323. The van der Waals surface area contributed by atoms with Crippen LogP contribution in [0.3, 0.4) is 0 Å². The van der Waals surface area contributed by atoms with Gasteiger partial charge in [0.25, 0.3) is 5.91 Å². The fourth-order valence-corrected chi connectivity index (χ4v) is 3.38. The van der Waals surface area contributed by atoms with E-state index in [1.54, 1.807) is 30.5 Å². The van der Waals surface area contributed by atoms with Crippen LogP contribution in [0, 0.1) is 6.92 Å². The highest BCUT2D eigenvalue weighted by atomic mass is 35.5. The standard InChI is InChI=1S/C25H20ClN3O/c1-18-7-16-24(20-5-3-2-4-6-20)29(18)23-14-10-21(11-15-23)25(30)28-27-17-19-8-12-22(26)13-9-19/h2-17H,1H3,(H,28,30)/b27-17+. The molecule has 1 aromatic heterocycles. The van der Waals surface area contributed by atoms with Crippen LogP contribution in [0.25, 0.3) is 16.9 Å². The summed E-state index contributed by atoms with van der Waals surface area (Å²) in [6.45, 7) is 2.07. The lowest BCUT2D eigenvalue weighted by Crippen LogP contribution is -2.17. The van der Waals surface area contributed by atoms with Gasteiger partial charge in [-0.15, -0.1) is 0 Å². The van der Waals surface area contributed by atoms with Crippen LogP contribution in [0.1, 0.15) is 21.6 Å². The first kappa shape index (κ1) is 19.7. The first-order valence-corrected chi connectivity index (χ1v) is 9.93. The maximum Gasteiger partial charge on any atom is 0.271 e. The Morgan fingerprint density at radius 3 is 2.30 bits per heavy atom. The smallest absolute Gasteiger partial charge is 0.271 e. The molecule has 0 aliphatic heterocycles. The van der Waals surface area contributed by atoms with Gasteiger partial charge < -0.3 is 4.57 Å². The highest BCUT2D eigenvalue weighted by Gasteiger charge is 2.10. The molecule has 5 heteroatoms. The van der Waals surface area contributed by atoms with Gasteiger partial charge in [0.15, 0.2) is 0 Å². The summed E-state index contributed by atoms with van der Waals surface area (Å²) in [5, 5.41) is 4.67. The van der Waals surface area contributed by atoms with Crippen LogP contribution in [0.15, 0.2) is 96.1 Å². The van der Waals surface area contributed by atoms with E-state index in [-0.39, 0.29) is 5.91 Å². The Labute approximate surface area is 180 Å². The predicted octanol–water partition coefficient (Wildman–Crippen LogP) is 5.87. The average Bonchev–Trinajstić information content (AvgIpc) is 3.17. The van der Waals surface area contributed by atoms with Gasteiger partial charge in [-0.05, 0) is 66.6 Å². The highest BCUT2D eigenvalue weighted by molar-refractivity contribution is 6.30. The minimum absolute atomic E-state index is 0.265. The third-order valence-corrected chi connectivity index (χ3v) is 5.03. The second-order valence-corrected chi connectivity index (χ2v) is 7.30. The topological polar surface area (TPSA) is 46.4 Å². The Balaban J connectivity index is 1.50. The average molecular weight is 414 g/mol. The lowest BCUT2D eigenvalue weighted by Gasteiger charge is -2.12. The lowest BCUT2D eigenvalue weighted by molar-refractivity contribution is 0.0955. The van der Waals surface area contributed by atoms with Gasteiger partial charge in [-0.1, -0.05) is 54.1 Å². The number of aromatic nitrogens is 1. The van der Waals surface area contributed by atoms with Crippen molar-refractivity contribution >= 4 is 23.7 Å². The van der Waals surface area contributed by atoms with Gasteiger partial charge in [-0.3, -0.25) is 4.79 Å². The molecular weight excluding hydrogens is 394 g/mol. The van der Waals surface area contributed by atoms with Gasteiger partial charge in [-0.25, -0.2) is 5.43 Å². The fourth-order valence-electron chi connectivity index (χ4n) is 3.26. The summed E-state index contributed by atoms with van der Waals surface area (Å²) in [6, 6.07) is 29.1. The molecule has 148 valence electrons. The van der Waals surface area contributed by atoms with Gasteiger partial charge >= 0.3 is 0 Å². The van der Waals surface area contributed by atoms with E-state index < -0.39 is 0 Å². The SMILES string of the molecule is Cc1ccc(-c2ccccc2)n1-c1ccc(C(=O)N/N=C/c2ccc(Cl)cc2)cc1. The van der Waals surface area contributed by atoms with Gasteiger partial charge in [0.1, 0.15) is 0 Å². The summed E-state index contributed by atoms with van der Waals surface area (Å²) < 4.78 is 2.18. The van der Waals surface area contributed by atoms with Crippen molar-refractivity contribution in [3.63, 3.8) is 0 Å². The summed E-state index contributed by atoms with van der Waals surface area (Å²) in [4.78, 5) is 12.4. The van der Waals surface area contributed by atoms with Crippen LogP contribution in [-0.4, -0.2) is 16.7 Å². The number of aryl methyl sites for hydroxylation is 1. The van der Waals surface area contributed by atoms with E-state index in [2.05, 4.69) is 46.3 Å². The molecule has 1 amide bonds. The molecule has 30 heavy (non-hydrogen) atoms. The number of rotatable bonds is 5. The Bertz CT molecular complexity index is 1180. The molecule has 0 atom stereocenters. The summed E-state index contributed by atoms with van der Waals surface area (Å²) in [5.74, 6) is -0.265. The maximum absolute atomic E-state index is 12.4. The van der Waals surface area contributed by atoms with E-state index >= 15 is 0 Å². The molecule has 0 saturated carbocycles.